The van der Waals surface area contributed by atoms with E-state index < -0.39 is 21.7 Å². The Morgan fingerprint density at radius 3 is 2.86 bits per heavy atom. The third-order valence-electron chi connectivity index (χ3n) is 9.85. The maximum Gasteiger partial charge on any atom is 0.286 e. The van der Waals surface area contributed by atoms with Gasteiger partial charge in [0, 0.05) is 42.6 Å². The Labute approximate surface area is 265 Å². The van der Waals surface area contributed by atoms with Crippen LogP contribution >= 0.6 is 11.6 Å². The predicted molar refractivity (Wildman–Crippen MR) is 174 cm³/mol. The third kappa shape index (κ3) is 6.28. The first kappa shape index (κ1) is 31.1. The lowest BCUT2D eigenvalue weighted by atomic mass is 9.68. The molecule has 0 saturated heterocycles. The van der Waals surface area contributed by atoms with Crippen LogP contribution in [0.25, 0.3) is 0 Å². The van der Waals surface area contributed by atoms with Crippen LogP contribution in [0, 0.1) is 11.8 Å². The van der Waals surface area contributed by atoms with Crippen molar-refractivity contribution in [2.24, 2.45) is 16.2 Å². The molecule has 1 N–H and O–H groups in total. The van der Waals surface area contributed by atoms with Crippen molar-refractivity contribution in [3.05, 3.63) is 70.3 Å². The quantitative estimate of drug-likeness (QED) is 0.399. The summed E-state index contributed by atoms with van der Waals surface area (Å²) in [4.78, 5) is 28.3. The second kappa shape index (κ2) is 12.9. The number of hydrogen-bond acceptors (Lipinski definition) is 6. The van der Waals surface area contributed by atoms with E-state index in [1.807, 2.05) is 18.2 Å². The highest BCUT2D eigenvalue weighted by Crippen LogP contribution is 2.47. The zero-order valence-electron chi connectivity index (χ0n) is 25.6. The van der Waals surface area contributed by atoms with Crippen LogP contribution in [0.2, 0.25) is 5.02 Å². The number of allylic oxidation sites excluding steroid dienone is 1. The summed E-state index contributed by atoms with van der Waals surface area (Å²) in [5, 5.41) is 0.748. The van der Waals surface area contributed by atoms with Crippen molar-refractivity contribution in [3.8, 4) is 5.75 Å². The van der Waals surface area contributed by atoms with Gasteiger partial charge in [-0.2, -0.15) is 0 Å². The smallest absolute Gasteiger partial charge is 0.286 e. The number of halogens is 1. The second-order valence-corrected chi connectivity index (χ2v) is 15.2. The summed E-state index contributed by atoms with van der Waals surface area (Å²) in [6, 6.07) is 11.6. The van der Waals surface area contributed by atoms with Crippen LogP contribution < -0.4 is 14.4 Å². The minimum atomic E-state index is -3.30. The monoisotopic (exact) mass is 639 g/mol. The largest absolute Gasteiger partial charge is 0.490 e. The van der Waals surface area contributed by atoms with Crippen molar-refractivity contribution in [2.75, 3.05) is 37.5 Å². The number of ether oxygens (including phenoxy) is 2. The Balaban J connectivity index is 1.44. The molecule has 8 nitrogen and oxygen atoms in total. The molecule has 2 bridgehead atoms. The number of carbonyl (C=O) groups is 2. The number of carbonyl (C=O) groups excluding carboxylic acids is 2. The van der Waals surface area contributed by atoms with E-state index in [4.69, 9.17) is 21.1 Å². The van der Waals surface area contributed by atoms with E-state index in [0.29, 0.717) is 36.8 Å². The van der Waals surface area contributed by atoms with E-state index in [1.165, 1.54) is 11.1 Å². The Morgan fingerprint density at radius 1 is 1.23 bits per heavy atom. The van der Waals surface area contributed by atoms with Gasteiger partial charge in [0.15, 0.2) is 0 Å². The zero-order chi connectivity index (χ0) is 30.9. The molecule has 0 unspecified atom stereocenters. The van der Waals surface area contributed by atoms with E-state index in [9.17, 15) is 13.8 Å². The lowest BCUT2D eigenvalue weighted by molar-refractivity contribution is -0.118. The summed E-state index contributed by atoms with van der Waals surface area (Å²) in [6.07, 6.45) is 10.7. The van der Waals surface area contributed by atoms with Crippen LogP contribution in [0.5, 0.6) is 5.75 Å². The van der Waals surface area contributed by atoms with Crippen LogP contribution in [0.3, 0.4) is 0 Å². The molecule has 0 aromatic heterocycles. The van der Waals surface area contributed by atoms with Crippen molar-refractivity contribution < 1.29 is 23.3 Å². The van der Waals surface area contributed by atoms with Gasteiger partial charge in [-0.3, -0.25) is 14.3 Å². The molecule has 1 saturated carbocycles. The fourth-order valence-corrected chi connectivity index (χ4v) is 9.23. The van der Waals surface area contributed by atoms with Crippen LogP contribution in [0.4, 0.5) is 5.69 Å². The number of methoxy groups -OCH3 is 1. The molecule has 2 amide bonds. The number of anilines is 1. The van der Waals surface area contributed by atoms with E-state index in [1.54, 1.807) is 20.1 Å². The molecule has 0 radical (unpaired) electrons. The van der Waals surface area contributed by atoms with Crippen molar-refractivity contribution in [2.45, 2.75) is 69.8 Å². The van der Waals surface area contributed by atoms with Crippen LogP contribution in [-0.2, 0) is 31.3 Å². The van der Waals surface area contributed by atoms with Crippen molar-refractivity contribution in [3.63, 3.8) is 0 Å². The van der Waals surface area contributed by atoms with Crippen LogP contribution in [0.1, 0.15) is 73.4 Å². The molecule has 1 fully saturated rings. The molecular formula is C34H42ClN3O5S. The third-order valence-corrected chi connectivity index (χ3v) is 11.9. The molecule has 4 aliphatic rings. The SMILES string of the molecule is CCC(=O)N[S@]1(=O)=NC(=O)c2ccc3c(c2)N(C[C@@H]2CC[C@H]2[C@@H](OC)/C=C/CCC1)C[C@@]1(CCCc2cc(Cl)ccc21)CO3. The van der Waals surface area contributed by atoms with Crippen molar-refractivity contribution in [1.29, 1.82) is 0 Å². The highest BCUT2D eigenvalue weighted by atomic mass is 35.5. The maximum absolute atomic E-state index is 13.8. The van der Waals surface area contributed by atoms with Gasteiger partial charge in [0.2, 0.25) is 5.91 Å². The second-order valence-electron chi connectivity index (χ2n) is 12.7. The molecule has 1 spiro atoms. The van der Waals surface area contributed by atoms with Gasteiger partial charge in [-0.1, -0.05) is 36.7 Å². The first-order chi connectivity index (χ1) is 21.2. The Kier molecular flexibility index (Phi) is 9.09. The standard InChI is InChI=1S/C34H42ClN3O5S/c1-3-32(39)36-44(41)17-6-4-5-9-30(42-2)27-13-10-25(27)20-38-21-34(16-7-8-23-18-26(35)12-14-28(23)34)22-43-31-15-11-24(19-29(31)38)33(40)37-44/h5,9,11-12,14-15,18-19,25,27,30H,3-4,6-8,10,13,16-17,20-22H2,1-2H3,(H,36,37,39,40,41)/b9-5+/t25-,27+,30-,34-,44-/m0/s1. The normalized spacial score (nSPS) is 30.9. The minimum absolute atomic E-state index is 0.0161. The molecule has 2 aromatic carbocycles. The number of aryl methyl sites for hydroxylation is 1. The molecule has 5 atom stereocenters. The average molecular weight is 640 g/mol. The Morgan fingerprint density at radius 2 is 2.09 bits per heavy atom. The van der Waals surface area contributed by atoms with Crippen LogP contribution in [-0.4, -0.2) is 54.7 Å². The average Bonchev–Trinajstić information content (AvgIpc) is 3.14. The number of benzene rings is 2. The Bertz CT molecular complexity index is 1580. The molecule has 2 aromatic rings. The van der Waals surface area contributed by atoms with E-state index in [2.05, 4.69) is 38.3 Å². The topological polar surface area (TPSA) is 97.3 Å². The molecular weight excluding hydrogens is 598 g/mol. The van der Waals surface area contributed by atoms with Gasteiger partial charge < -0.3 is 14.4 Å². The minimum Gasteiger partial charge on any atom is -0.490 e. The summed E-state index contributed by atoms with van der Waals surface area (Å²) in [5.74, 6) is 0.603. The lowest BCUT2D eigenvalue weighted by Crippen LogP contribution is -2.49. The fourth-order valence-electron chi connectivity index (χ4n) is 7.36. The summed E-state index contributed by atoms with van der Waals surface area (Å²) >= 11 is 6.42. The summed E-state index contributed by atoms with van der Waals surface area (Å²) in [7, 11) is -1.54. The number of nitrogens with one attached hydrogen (secondary N) is 1. The lowest BCUT2D eigenvalue weighted by Gasteiger charge is -2.46. The Hall–Kier alpha value is -2.88. The van der Waals surface area contributed by atoms with Gasteiger partial charge in [0.05, 0.1) is 24.2 Å². The highest BCUT2D eigenvalue weighted by molar-refractivity contribution is 7.92. The highest BCUT2D eigenvalue weighted by Gasteiger charge is 2.44. The van der Waals surface area contributed by atoms with E-state index in [-0.39, 0.29) is 23.7 Å². The van der Waals surface area contributed by atoms with Gasteiger partial charge in [-0.05, 0) is 98.2 Å². The van der Waals surface area contributed by atoms with Gasteiger partial charge in [0.1, 0.15) is 15.7 Å². The summed E-state index contributed by atoms with van der Waals surface area (Å²) < 4.78 is 33.1. The van der Waals surface area contributed by atoms with Crippen molar-refractivity contribution >= 4 is 39.0 Å². The van der Waals surface area contributed by atoms with Gasteiger partial charge >= 0.3 is 0 Å². The van der Waals surface area contributed by atoms with Gasteiger partial charge in [0.25, 0.3) is 5.91 Å². The molecule has 2 aliphatic heterocycles. The number of nitrogens with zero attached hydrogens (tertiary/aromatic N) is 2. The number of hydrogen-bond donors (Lipinski definition) is 1. The molecule has 10 heteroatoms. The molecule has 44 heavy (non-hydrogen) atoms. The number of amides is 2. The predicted octanol–water partition coefficient (Wildman–Crippen LogP) is 6.25. The zero-order valence-corrected chi connectivity index (χ0v) is 27.1. The summed E-state index contributed by atoms with van der Waals surface area (Å²) in [6.45, 7) is 3.75. The first-order valence-corrected chi connectivity index (χ1v) is 17.9. The maximum atomic E-state index is 13.8. The van der Waals surface area contributed by atoms with E-state index in [0.717, 1.165) is 61.7 Å². The fraction of sp³-hybridized carbons (Fsp3) is 0.529. The van der Waals surface area contributed by atoms with E-state index >= 15 is 0 Å². The molecule has 236 valence electrons. The van der Waals surface area contributed by atoms with Crippen LogP contribution in [0.15, 0.2) is 52.9 Å². The first-order valence-electron chi connectivity index (χ1n) is 15.8. The summed E-state index contributed by atoms with van der Waals surface area (Å²) in [5.41, 5.74) is 3.50. The molecule has 2 heterocycles. The van der Waals surface area contributed by atoms with Gasteiger partial charge in [-0.15, -0.1) is 4.36 Å². The van der Waals surface area contributed by atoms with Gasteiger partial charge in [-0.25, -0.2) is 4.21 Å². The molecule has 6 rings (SSSR count). The van der Waals surface area contributed by atoms with Crippen molar-refractivity contribution in [1.82, 2.24) is 4.72 Å². The number of fused-ring (bicyclic) bond motifs is 4. The number of rotatable bonds is 3. The molecule has 2 aliphatic carbocycles.